The molecule has 0 aromatic heterocycles. The fourth-order valence-electron chi connectivity index (χ4n) is 2.06. The van der Waals surface area contributed by atoms with Gasteiger partial charge in [0.1, 0.15) is 5.75 Å². The number of hydrogen-bond donors (Lipinski definition) is 2. The van der Waals surface area contributed by atoms with E-state index in [0.717, 1.165) is 12.8 Å². The summed E-state index contributed by atoms with van der Waals surface area (Å²) in [5.41, 5.74) is 1.92. The Bertz CT molecular complexity index is 483. The van der Waals surface area contributed by atoms with Crippen molar-refractivity contribution in [1.29, 1.82) is 0 Å². The average Bonchev–Trinajstić information content (AvgIpc) is 2.85. The van der Waals surface area contributed by atoms with Crippen LogP contribution in [0.1, 0.15) is 36.0 Å². The zero-order valence-corrected chi connectivity index (χ0v) is 11.7. The number of aromatic hydroxyl groups is 1. The van der Waals surface area contributed by atoms with Gasteiger partial charge in [0.05, 0.1) is 4.47 Å². The maximum absolute atomic E-state index is 11.8. The molecule has 96 valence electrons. The van der Waals surface area contributed by atoms with Crippen LogP contribution >= 0.6 is 15.9 Å². The second kappa shape index (κ2) is 6.05. The summed E-state index contributed by atoms with van der Waals surface area (Å²) in [5, 5.41) is 12.4. The van der Waals surface area contributed by atoms with E-state index in [4.69, 9.17) is 0 Å². The first-order valence-corrected chi connectivity index (χ1v) is 6.91. The van der Waals surface area contributed by atoms with Crippen LogP contribution in [0.15, 0.2) is 34.3 Å². The Balaban J connectivity index is 1.85. The van der Waals surface area contributed by atoms with E-state index in [9.17, 15) is 9.90 Å². The lowest BCUT2D eigenvalue weighted by molar-refractivity contribution is 0.0953. The second-order valence-corrected chi connectivity index (χ2v) is 5.28. The smallest absolute Gasteiger partial charge is 0.251 e. The summed E-state index contributed by atoms with van der Waals surface area (Å²) >= 11 is 3.19. The van der Waals surface area contributed by atoms with Gasteiger partial charge in [0.25, 0.3) is 5.91 Å². The number of rotatable bonds is 4. The van der Waals surface area contributed by atoms with Crippen molar-refractivity contribution < 1.29 is 9.90 Å². The highest BCUT2D eigenvalue weighted by Crippen LogP contribution is 2.24. The molecule has 1 aliphatic carbocycles. The molecule has 1 amide bonds. The summed E-state index contributed by atoms with van der Waals surface area (Å²) in [7, 11) is 0. The maximum atomic E-state index is 11.8. The first kappa shape index (κ1) is 13.1. The Morgan fingerprint density at radius 1 is 1.44 bits per heavy atom. The van der Waals surface area contributed by atoms with E-state index in [1.807, 2.05) is 0 Å². The summed E-state index contributed by atoms with van der Waals surface area (Å²) in [6, 6.07) is 4.83. The summed E-state index contributed by atoms with van der Waals surface area (Å²) < 4.78 is 0.593. The number of hydrogen-bond acceptors (Lipinski definition) is 2. The molecule has 2 rings (SSSR count). The predicted molar refractivity (Wildman–Crippen MR) is 74.7 cm³/mol. The van der Waals surface area contributed by atoms with E-state index >= 15 is 0 Å². The van der Waals surface area contributed by atoms with Crippen molar-refractivity contribution in [3.63, 3.8) is 0 Å². The maximum Gasteiger partial charge on any atom is 0.251 e. The molecular formula is C14H16BrNO2. The average molecular weight is 310 g/mol. The van der Waals surface area contributed by atoms with Crippen LogP contribution < -0.4 is 5.32 Å². The van der Waals surface area contributed by atoms with Gasteiger partial charge in [-0.05, 0) is 59.8 Å². The summed E-state index contributed by atoms with van der Waals surface area (Å²) in [4.78, 5) is 11.8. The van der Waals surface area contributed by atoms with E-state index < -0.39 is 0 Å². The SMILES string of the molecule is O=C(NCCC1=CCCC1)c1ccc(Br)c(O)c1. The minimum Gasteiger partial charge on any atom is -0.507 e. The topological polar surface area (TPSA) is 49.3 Å². The number of phenolic OH excluding ortho intramolecular Hbond substituents is 1. The molecule has 0 fully saturated rings. The molecule has 0 aliphatic heterocycles. The number of benzene rings is 1. The van der Waals surface area contributed by atoms with Gasteiger partial charge in [0.15, 0.2) is 0 Å². The largest absolute Gasteiger partial charge is 0.507 e. The molecule has 18 heavy (non-hydrogen) atoms. The molecule has 3 nitrogen and oxygen atoms in total. The van der Waals surface area contributed by atoms with Crippen molar-refractivity contribution >= 4 is 21.8 Å². The first-order valence-electron chi connectivity index (χ1n) is 6.11. The third kappa shape index (κ3) is 3.35. The number of carbonyl (C=O) groups is 1. The lowest BCUT2D eigenvalue weighted by atomic mass is 10.1. The van der Waals surface area contributed by atoms with Crippen molar-refractivity contribution in [3.05, 3.63) is 39.9 Å². The van der Waals surface area contributed by atoms with Gasteiger partial charge in [-0.2, -0.15) is 0 Å². The third-order valence-electron chi connectivity index (χ3n) is 3.08. The number of amides is 1. The molecule has 0 unspecified atom stereocenters. The highest BCUT2D eigenvalue weighted by Gasteiger charge is 2.09. The molecule has 0 heterocycles. The van der Waals surface area contributed by atoms with Crippen LogP contribution in [0.2, 0.25) is 0 Å². The van der Waals surface area contributed by atoms with Crippen LogP contribution in [0.4, 0.5) is 0 Å². The molecular weight excluding hydrogens is 294 g/mol. The summed E-state index contributed by atoms with van der Waals surface area (Å²) in [5.74, 6) is -0.0578. The van der Waals surface area contributed by atoms with Crippen LogP contribution in [0.5, 0.6) is 5.75 Å². The Morgan fingerprint density at radius 3 is 2.94 bits per heavy atom. The first-order chi connectivity index (χ1) is 8.66. The Kier molecular flexibility index (Phi) is 4.42. The Hall–Kier alpha value is -1.29. The van der Waals surface area contributed by atoms with Crippen LogP contribution in [0.3, 0.4) is 0 Å². The molecule has 4 heteroatoms. The zero-order chi connectivity index (χ0) is 13.0. The molecule has 1 aromatic rings. The Morgan fingerprint density at radius 2 is 2.28 bits per heavy atom. The molecule has 0 radical (unpaired) electrons. The van der Waals surface area contributed by atoms with E-state index in [-0.39, 0.29) is 11.7 Å². The highest BCUT2D eigenvalue weighted by molar-refractivity contribution is 9.10. The number of halogens is 1. The fourth-order valence-corrected chi connectivity index (χ4v) is 2.30. The van der Waals surface area contributed by atoms with Gasteiger partial charge in [0, 0.05) is 12.1 Å². The number of phenols is 1. The van der Waals surface area contributed by atoms with Crippen LogP contribution in [0, 0.1) is 0 Å². The number of carbonyl (C=O) groups excluding carboxylic acids is 1. The molecule has 0 saturated carbocycles. The van der Waals surface area contributed by atoms with E-state index in [0.29, 0.717) is 16.6 Å². The van der Waals surface area contributed by atoms with E-state index in [1.54, 1.807) is 12.1 Å². The molecule has 0 saturated heterocycles. The van der Waals surface area contributed by atoms with E-state index in [2.05, 4.69) is 27.3 Å². The fraction of sp³-hybridized carbons (Fsp3) is 0.357. The highest BCUT2D eigenvalue weighted by atomic mass is 79.9. The van der Waals surface area contributed by atoms with Gasteiger partial charge in [-0.1, -0.05) is 11.6 Å². The predicted octanol–water partition coefficient (Wildman–Crippen LogP) is 3.38. The van der Waals surface area contributed by atoms with Crippen LogP contribution in [0.25, 0.3) is 0 Å². The van der Waals surface area contributed by atoms with Gasteiger partial charge in [-0.25, -0.2) is 0 Å². The van der Waals surface area contributed by atoms with Gasteiger partial charge >= 0.3 is 0 Å². The third-order valence-corrected chi connectivity index (χ3v) is 3.75. The minimum atomic E-state index is -0.142. The Labute approximate surface area is 115 Å². The van der Waals surface area contributed by atoms with Gasteiger partial charge < -0.3 is 10.4 Å². The van der Waals surface area contributed by atoms with Crippen LogP contribution in [-0.2, 0) is 0 Å². The van der Waals surface area contributed by atoms with Crippen LogP contribution in [-0.4, -0.2) is 17.6 Å². The normalized spacial score (nSPS) is 14.4. The van der Waals surface area contributed by atoms with Crippen molar-refractivity contribution in [2.45, 2.75) is 25.7 Å². The molecule has 2 N–H and O–H groups in total. The van der Waals surface area contributed by atoms with Crippen molar-refractivity contribution in [3.8, 4) is 5.75 Å². The molecule has 1 aliphatic rings. The van der Waals surface area contributed by atoms with Gasteiger partial charge in [-0.3, -0.25) is 4.79 Å². The van der Waals surface area contributed by atoms with Crippen molar-refractivity contribution in [2.75, 3.05) is 6.54 Å². The molecule has 0 spiro atoms. The lowest BCUT2D eigenvalue weighted by Gasteiger charge is -2.06. The monoisotopic (exact) mass is 309 g/mol. The quantitative estimate of drug-likeness (QED) is 0.838. The summed E-state index contributed by atoms with van der Waals surface area (Å²) in [6.45, 7) is 0.654. The van der Waals surface area contributed by atoms with Gasteiger partial charge in [0.2, 0.25) is 0 Å². The minimum absolute atomic E-state index is 0.0844. The van der Waals surface area contributed by atoms with Crippen molar-refractivity contribution in [2.24, 2.45) is 0 Å². The van der Waals surface area contributed by atoms with E-state index in [1.165, 1.54) is 24.5 Å². The standard InChI is InChI=1S/C14H16BrNO2/c15-12-6-5-11(9-13(12)17)14(18)16-8-7-10-3-1-2-4-10/h3,5-6,9,17H,1-2,4,7-8H2,(H,16,18). The number of nitrogens with one attached hydrogen (secondary N) is 1. The zero-order valence-electron chi connectivity index (χ0n) is 10.1. The molecule has 0 bridgehead atoms. The molecule has 1 aromatic carbocycles. The lowest BCUT2D eigenvalue weighted by Crippen LogP contribution is -2.24. The van der Waals surface area contributed by atoms with Gasteiger partial charge in [-0.15, -0.1) is 0 Å². The molecule has 0 atom stereocenters. The van der Waals surface area contributed by atoms with Crippen molar-refractivity contribution in [1.82, 2.24) is 5.32 Å². The second-order valence-electron chi connectivity index (χ2n) is 4.43. The number of allylic oxidation sites excluding steroid dienone is 1. The summed E-state index contributed by atoms with van der Waals surface area (Å²) in [6.07, 6.45) is 6.76.